The Morgan fingerprint density at radius 3 is 2.39 bits per heavy atom. The zero-order valence-corrected chi connectivity index (χ0v) is 12.0. The summed E-state index contributed by atoms with van der Waals surface area (Å²) < 4.78 is 12.2. The van der Waals surface area contributed by atoms with Crippen LogP contribution in [-0.4, -0.2) is 27.9 Å². The van der Waals surface area contributed by atoms with Crippen LogP contribution in [0.2, 0.25) is 0 Å². The second kappa shape index (κ2) is 5.42. The number of carbonyl (C=O) groups excluding carboxylic acids is 1. The van der Waals surface area contributed by atoms with E-state index < -0.39 is 11.7 Å². The summed E-state index contributed by atoms with van der Waals surface area (Å²) in [7, 11) is 0. The predicted octanol–water partition coefficient (Wildman–Crippen LogP) is 2.94. The number of rotatable bonds is 3. The summed E-state index contributed by atoms with van der Waals surface area (Å²) in [6, 6.07) is 0.307. The number of nitrogens with zero attached hydrogens (tertiary/aromatic N) is 2. The SMILES string of the molecule is CCOc1nc(C)c(CC)n1C(=O)OC(C)(C)C. The summed E-state index contributed by atoms with van der Waals surface area (Å²) in [6.45, 7) is 11.7. The average molecular weight is 254 g/mol. The molecule has 102 valence electrons. The molecule has 5 nitrogen and oxygen atoms in total. The lowest BCUT2D eigenvalue weighted by Gasteiger charge is -2.20. The normalized spacial score (nSPS) is 11.4. The van der Waals surface area contributed by atoms with Gasteiger partial charge in [0.25, 0.3) is 0 Å². The zero-order chi connectivity index (χ0) is 13.9. The molecule has 0 unspecified atom stereocenters. The standard InChI is InChI=1S/C13H22N2O3/c1-7-10-9(3)14-11(17-8-2)15(10)12(16)18-13(4,5)6/h7-8H2,1-6H3. The second-order valence-corrected chi connectivity index (χ2v) is 5.03. The highest BCUT2D eigenvalue weighted by atomic mass is 16.6. The van der Waals surface area contributed by atoms with Gasteiger partial charge in [-0.3, -0.25) is 0 Å². The molecule has 0 aliphatic carbocycles. The molecule has 0 fully saturated rings. The van der Waals surface area contributed by atoms with Gasteiger partial charge in [0.1, 0.15) is 5.60 Å². The minimum Gasteiger partial charge on any atom is -0.465 e. The van der Waals surface area contributed by atoms with E-state index in [-0.39, 0.29) is 0 Å². The molecule has 0 aliphatic rings. The number of hydrogen-bond donors (Lipinski definition) is 0. The van der Waals surface area contributed by atoms with Crippen molar-refractivity contribution in [2.45, 2.75) is 53.6 Å². The first-order valence-electron chi connectivity index (χ1n) is 6.24. The molecule has 0 saturated carbocycles. The highest BCUT2D eigenvalue weighted by molar-refractivity contribution is 5.74. The van der Waals surface area contributed by atoms with Crippen LogP contribution in [0.1, 0.15) is 46.0 Å². The third kappa shape index (κ3) is 3.24. The lowest BCUT2D eigenvalue weighted by Crippen LogP contribution is -2.28. The van der Waals surface area contributed by atoms with Gasteiger partial charge in [0.2, 0.25) is 0 Å². The number of hydrogen-bond acceptors (Lipinski definition) is 4. The maximum absolute atomic E-state index is 12.2. The minimum absolute atomic E-state index is 0.307. The minimum atomic E-state index is -0.538. The molecular formula is C13H22N2O3. The Morgan fingerprint density at radius 1 is 1.33 bits per heavy atom. The Morgan fingerprint density at radius 2 is 1.94 bits per heavy atom. The first-order chi connectivity index (χ1) is 8.30. The quantitative estimate of drug-likeness (QED) is 0.832. The van der Waals surface area contributed by atoms with Crippen LogP contribution in [-0.2, 0) is 11.2 Å². The van der Waals surface area contributed by atoms with E-state index in [1.807, 2.05) is 41.5 Å². The molecule has 5 heteroatoms. The van der Waals surface area contributed by atoms with E-state index in [9.17, 15) is 4.79 Å². The van der Waals surface area contributed by atoms with Gasteiger partial charge >= 0.3 is 12.1 Å². The van der Waals surface area contributed by atoms with Crippen molar-refractivity contribution in [2.75, 3.05) is 6.61 Å². The molecule has 0 N–H and O–H groups in total. The number of imidazole rings is 1. The molecule has 1 aromatic heterocycles. The van der Waals surface area contributed by atoms with E-state index in [2.05, 4.69) is 4.98 Å². The van der Waals surface area contributed by atoms with E-state index in [0.29, 0.717) is 19.0 Å². The van der Waals surface area contributed by atoms with Gasteiger partial charge in [0.15, 0.2) is 0 Å². The molecule has 0 saturated heterocycles. The van der Waals surface area contributed by atoms with Crippen molar-refractivity contribution >= 4 is 6.09 Å². The smallest absolute Gasteiger partial charge is 0.422 e. The van der Waals surface area contributed by atoms with Crippen LogP contribution in [0.4, 0.5) is 4.79 Å². The van der Waals surface area contributed by atoms with Crippen LogP contribution in [0, 0.1) is 6.92 Å². The number of carbonyl (C=O) groups is 1. The first kappa shape index (κ1) is 14.5. The third-order valence-corrected chi connectivity index (χ3v) is 2.33. The van der Waals surface area contributed by atoms with Crippen LogP contribution in [0.25, 0.3) is 0 Å². The van der Waals surface area contributed by atoms with Crippen molar-refractivity contribution in [3.8, 4) is 6.01 Å². The van der Waals surface area contributed by atoms with Gasteiger partial charge in [-0.05, 0) is 41.0 Å². The lowest BCUT2D eigenvalue weighted by molar-refractivity contribution is 0.0515. The summed E-state index contributed by atoms with van der Waals surface area (Å²) in [4.78, 5) is 16.4. The predicted molar refractivity (Wildman–Crippen MR) is 69.1 cm³/mol. The Balaban J connectivity index is 3.15. The van der Waals surface area contributed by atoms with Gasteiger partial charge in [-0.1, -0.05) is 6.92 Å². The second-order valence-electron chi connectivity index (χ2n) is 5.03. The van der Waals surface area contributed by atoms with Crippen LogP contribution in [0.5, 0.6) is 6.01 Å². The van der Waals surface area contributed by atoms with Gasteiger partial charge in [0.05, 0.1) is 18.0 Å². The molecule has 0 aromatic carbocycles. The summed E-state index contributed by atoms with van der Waals surface area (Å²) in [5.74, 6) is 0. The molecule has 0 amide bonds. The molecule has 0 atom stereocenters. The molecular weight excluding hydrogens is 232 g/mol. The van der Waals surface area contributed by atoms with Crippen molar-refractivity contribution in [1.29, 1.82) is 0 Å². The van der Waals surface area contributed by atoms with Gasteiger partial charge < -0.3 is 9.47 Å². The average Bonchev–Trinajstić information content (AvgIpc) is 2.52. The molecule has 0 aliphatic heterocycles. The zero-order valence-electron chi connectivity index (χ0n) is 12.0. The first-order valence-corrected chi connectivity index (χ1v) is 6.24. The maximum Gasteiger partial charge on any atom is 0.422 e. The summed E-state index contributed by atoms with van der Waals surface area (Å²) in [5, 5.41) is 0. The highest BCUT2D eigenvalue weighted by Crippen LogP contribution is 2.21. The summed E-state index contributed by atoms with van der Waals surface area (Å²) >= 11 is 0. The molecule has 18 heavy (non-hydrogen) atoms. The number of aromatic nitrogens is 2. The molecule has 0 spiro atoms. The van der Waals surface area contributed by atoms with Gasteiger partial charge in [0, 0.05) is 0 Å². The van der Waals surface area contributed by atoms with Crippen LogP contribution in [0.3, 0.4) is 0 Å². The van der Waals surface area contributed by atoms with Crippen LogP contribution < -0.4 is 4.74 Å². The Hall–Kier alpha value is -1.52. The topological polar surface area (TPSA) is 53.4 Å². The Bertz CT molecular complexity index is 430. The van der Waals surface area contributed by atoms with Crippen molar-refractivity contribution in [1.82, 2.24) is 9.55 Å². The van der Waals surface area contributed by atoms with Crippen molar-refractivity contribution < 1.29 is 14.3 Å². The fourth-order valence-electron chi connectivity index (χ4n) is 1.67. The maximum atomic E-state index is 12.2. The fourth-order valence-corrected chi connectivity index (χ4v) is 1.67. The van der Waals surface area contributed by atoms with E-state index in [0.717, 1.165) is 11.4 Å². The van der Waals surface area contributed by atoms with Gasteiger partial charge in [-0.2, -0.15) is 4.98 Å². The summed E-state index contributed by atoms with van der Waals surface area (Å²) in [6.07, 6.45) is 0.258. The fraction of sp³-hybridized carbons (Fsp3) is 0.692. The van der Waals surface area contributed by atoms with Gasteiger partial charge in [-0.15, -0.1) is 0 Å². The van der Waals surface area contributed by atoms with Crippen molar-refractivity contribution in [3.05, 3.63) is 11.4 Å². The van der Waals surface area contributed by atoms with E-state index >= 15 is 0 Å². The van der Waals surface area contributed by atoms with Crippen LogP contribution >= 0.6 is 0 Å². The molecule has 1 rings (SSSR count). The van der Waals surface area contributed by atoms with Crippen molar-refractivity contribution in [3.63, 3.8) is 0 Å². The molecule has 0 radical (unpaired) electrons. The van der Waals surface area contributed by atoms with E-state index in [4.69, 9.17) is 9.47 Å². The molecule has 0 bridgehead atoms. The molecule has 1 aromatic rings. The van der Waals surface area contributed by atoms with Crippen LogP contribution in [0.15, 0.2) is 0 Å². The summed E-state index contributed by atoms with van der Waals surface area (Å²) in [5.41, 5.74) is 1.09. The highest BCUT2D eigenvalue weighted by Gasteiger charge is 2.25. The van der Waals surface area contributed by atoms with Gasteiger partial charge in [-0.25, -0.2) is 9.36 Å². The molecule has 1 heterocycles. The van der Waals surface area contributed by atoms with Crippen molar-refractivity contribution in [2.24, 2.45) is 0 Å². The Kier molecular flexibility index (Phi) is 4.38. The third-order valence-electron chi connectivity index (χ3n) is 2.33. The monoisotopic (exact) mass is 254 g/mol. The number of ether oxygens (including phenoxy) is 2. The Labute approximate surface area is 108 Å². The largest absolute Gasteiger partial charge is 0.465 e. The van der Waals surface area contributed by atoms with E-state index in [1.54, 1.807) is 0 Å². The number of aryl methyl sites for hydroxylation is 1. The van der Waals surface area contributed by atoms with E-state index in [1.165, 1.54) is 4.57 Å². The lowest BCUT2D eigenvalue weighted by atomic mass is 10.2.